The lowest BCUT2D eigenvalue weighted by molar-refractivity contribution is 0.414. The van der Waals surface area contributed by atoms with Crippen molar-refractivity contribution in [2.24, 2.45) is 0 Å². The van der Waals surface area contributed by atoms with Crippen molar-refractivity contribution in [2.45, 2.75) is 4.83 Å². The third-order valence-electron chi connectivity index (χ3n) is 2.36. The molecule has 1 heterocycles. The largest absolute Gasteiger partial charge is 0.497 e. The van der Waals surface area contributed by atoms with Crippen LogP contribution in [-0.2, 0) is 0 Å². The smallest absolute Gasteiger partial charge is 0.120 e. The van der Waals surface area contributed by atoms with Gasteiger partial charge in [-0.15, -0.1) is 11.3 Å². The van der Waals surface area contributed by atoms with Crippen LogP contribution < -0.4 is 4.74 Å². The van der Waals surface area contributed by atoms with Crippen LogP contribution in [-0.4, -0.2) is 7.11 Å². The van der Waals surface area contributed by atoms with Gasteiger partial charge < -0.3 is 4.74 Å². The van der Waals surface area contributed by atoms with Crippen molar-refractivity contribution >= 4 is 54.8 Å². The lowest BCUT2D eigenvalue weighted by atomic mass is 10.1. The topological polar surface area (TPSA) is 9.23 Å². The molecule has 0 aliphatic rings. The van der Waals surface area contributed by atoms with Gasteiger partial charge in [0.15, 0.2) is 0 Å². The van der Waals surface area contributed by atoms with E-state index in [9.17, 15) is 0 Å². The molecule has 1 nitrogen and oxygen atoms in total. The fraction of sp³-hybridized carbons (Fsp3) is 0.167. The number of methoxy groups -OCH3 is 1. The van der Waals surface area contributed by atoms with E-state index in [1.54, 1.807) is 18.4 Å². The molecule has 0 aliphatic heterocycles. The first-order valence-electron chi connectivity index (χ1n) is 4.84. The van der Waals surface area contributed by atoms with E-state index in [1.807, 2.05) is 29.6 Å². The van der Waals surface area contributed by atoms with Gasteiger partial charge in [-0.25, -0.2) is 0 Å². The SMILES string of the molecule is COc1ccc(C(Br)c2sccc2Cl)c(Br)c1. The normalized spacial score (nSPS) is 12.5. The van der Waals surface area contributed by atoms with Crippen LogP contribution in [0.25, 0.3) is 0 Å². The summed E-state index contributed by atoms with van der Waals surface area (Å²) in [5.41, 5.74) is 1.13. The molecule has 0 N–H and O–H groups in total. The zero-order valence-corrected chi connectivity index (χ0v) is 13.7. The van der Waals surface area contributed by atoms with Gasteiger partial charge in [-0.05, 0) is 29.1 Å². The Kier molecular flexibility index (Phi) is 4.53. The number of ether oxygens (including phenoxy) is 1. The van der Waals surface area contributed by atoms with Crippen LogP contribution in [0, 0.1) is 0 Å². The molecule has 0 radical (unpaired) electrons. The lowest BCUT2D eigenvalue weighted by Crippen LogP contribution is -1.93. The van der Waals surface area contributed by atoms with Crippen molar-refractivity contribution in [3.8, 4) is 5.75 Å². The summed E-state index contributed by atoms with van der Waals surface area (Å²) < 4.78 is 6.18. The zero-order chi connectivity index (χ0) is 12.4. The fourth-order valence-electron chi connectivity index (χ4n) is 1.47. The predicted molar refractivity (Wildman–Crippen MR) is 80.8 cm³/mol. The Labute approximate surface area is 126 Å². The molecule has 0 saturated carbocycles. The number of halogens is 3. The van der Waals surface area contributed by atoms with Crippen LogP contribution in [0.1, 0.15) is 15.3 Å². The molecule has 1 atom stereocenters. The molecule has 0 saturated heterocycles. The second-order valence-electron chi connectivity index (χ2n) is 3.38. The summed E-state index contributed by atoms with van der Waals surface area (Å²) in [6.45, 7) is 0. The van der Waals surface area contributed by atoms with Crippen molar-refractivity contribution in [3.63, 3.8) is 0 Å². The van der Waals surface area contributed by atoms with Gasteiger partial charge in [-0.1, -0.05) is 49.5 Å². The quantitative estimate of drug-likeness (QED) is 0.609. The molecule has 2 rings (SSSR count). The highest BCUT2D eigenvalue weighted by atomic mass is 79.9. The van der Waals surface area contributed by atoms with Gasteiger partial charge in [0, 0.05) is 9.35 Å². The van der Waals surface area contributed by atoms with Gasteiger partial charge in [-0.3, -0.25) is 0 Å². The van der Waals surface area contributed by atoms with E-state index in [0.29, 0.717) is 0 Å². The average molecular weight is 397 g/mol. The second-order valence-corrected chi connectivity index (χ2v) is 6.51. The molecular weight excluding hydrogens is 387 g/mol. The summed E-state index contributed by atoms with van der Waals surface area (Å²) in [5, 5.41) is 2.78. The molecule has 0 aliphatic carbocycles. The minimum absolute atomic E-state index is 0.0929. The highest BCUT2D eigenvalue weighted by molar-refractivity contribution is 9.11. The Hall–Kier alpha value is -0.0300. The van der Waals surface area contributed by atoms with Crippen molar-refractivity contribution in [1.29, 1.82) is 0 Å². The van der Waals surface area contributed by atoms with Crippen LogP contribution in [0.3, 0.4) is 0 Å². The summed E-state index contributed by atoms with van der Waals surface area (Å²) in [6.07, 6.45) is 0. The zero-order valence-electron chi connectivity index (χ0n) is 8.91. The molecule has 0 amide bonds. The van der Waals surface area contributed by atoms with E-state index in [-0.39, 0.29) is 4.83 Å². The summed E-state index contributed by atoms with van der Waals surface area (Å²) in [4.78, 5) is 1.20. The average Bonchev–Trinajstić information content (AvgIpc) is 2.74. The van der Waals surface area contributed by atoms with E-state index in [1.165, 1.54) is 0 Å². The van der Waals surface area contributed by atoms with Crippen LogP contribution in [0.5, 0.6) is 5.75 Å². The second kappa shape index (κ2) is 5.74. The maximum Gasteiger partial charge on any atom is 0.120 e. The molecule has 90 valence electrons. The van der Waals surface area contributed by atoms with Crippen molar-refractivity contribution in [3.05, 3.63) is 49.6 Å². The van der Waals surface area contributed by atoms with Crippen LogP contribution in [0.2, 0.25) is 5.02 Å². The first-order chi connectivity index (χ1) is 8.13. The van der Waals surface area contributed by atoms with Gasteiger partial charge >= 0.3 is 0 Å². The maximum absolute atomic E-state index is 6.14. The minimum atomic E-state index is 0.0929. The Balaban J connectivity index is 2.38. The number of alkyl halides is 1. The monoisotopic (exact) mass is 394 g/mol. The van der Waals surface area contributed by atoms with Gasteiger partial charge in [0.25, 0.3) is 0 Å². The van der Waals surface area contributed by atoms with Gasteiger partial charge in [0.1, 0.15) is 5.75 Å². The number of rotatable bonds is 3. The molecule has 1 unspecified atom stereocenters. The molecule has 0 bridgehead atoms. The summed E-state index contributed by atoms with van der Waals surface area (Å²) in [7, 11) is 1.66. The van der Waals surface area contributed by atoms with Gasteiger partial charge in [-0.2, -0.15) is 0 Å². The Bertz CT molecular complexity index is 527. The molecule has 17 heavy (non-hydrogen) atoms. The summed E-state index contributed by atoms with van der Waals surface area (Å²) >= 11 is 15.0. The van der Waals surface area contributed by atoms with Crippen molar-refractivity contribution in [1.82, 2.24) is 0 Å². The van der Waals surface area contributed by atoms with Gasteiger partial charge in [0.2, 0.25) is 0 Å². The third kappa shape index (κ3) is 2.87. The number of hydrogen-bond donors (Lipinski definition) is 0. The fourth-order valence-corrected chi connectivity index (χ4v) is 4.62. The van der Waals surface area contributed by atoms with Gasteiger partial charge in [0.05, 0.1) is 17.0 Å². The van der Waals surface area contributed by atoms with Crippen LogP contribution in [0.4, 0.5) is 0 Å². The first kappa shape index (κ1) is 13.4. The van der Waals surface area contributed by atoms with E-state index in [2.05, 4.69) is 31.9 Å². The Morgan fingerprint density at radius 3 is 2.65 bits per heavy atom. The highest BCUT2D eigenvalue weighted by Gasteiger charge is 2.17. The number of benzene rings is 1. The molecule has 0 spiro atoms. The lowest BCUT2D eigenvalue weighted by Gasteiger charge is -2.12. The van der Waals surface area contributed by atoms with Crippen LogP contribution in [0.15, 0.2) is 34.1 Å². The Morgan fingerprint density at radius 2 is 2.12 bits per heavy atom. The molecule has 1 aromatic carbocycles. The van der Waals surface area contributed by atoms with Crippen molar-refractivity contribution in [2.75, 3.05) is 7.11 Å². The molecule has 1 aromatic heterocycles. The number of hydrogen-bond acceptors (Lipinski definition) is 2. The van der Waals surface area contributed by atoms with Crippen molar-refractivity contribution < 1.29 is 4.74 Å². The molecule has 0 fully saturated rings. The third-order valence-corrected chi connectivity index (χ3v) is 5.72. The van der Waals surface area contributed by atoms with E-state index in [4.69, 9.17) is 16.3 Å². The maximum atomic E-state index is 6.14. The minimum Gasteiger partial charge on any atom is -0.497 e. The first-order valence-corrected chi connectivity index (χ1v) is 7.80. The van der Waals surface area contributed by atoms with Crippen LogP contribution >= 0.6 is 54.8 Å². The number of thiophene rings is 1. The summed E-state index contributed by atoms with van der Waals surface area (Å²) in [6, 6.07) is 7.83. The van der Waals surface area contributed by atoms with E-state index in [0.717, 1.165) is 25.7 Å². The summed E-state index contributed by atoms with van der Waals surface area (Å²) in [5.74, 6) is 0.831. The Morgan fingerprint density at radius 1 is 1.35 bits per heavy atom. The molecule has 5 heteroatoms. The van der Waals surface area contributed by atoms with E-state index >= 15 is 0 Å². The standard InChI is InChI=1S/C12H9Br2ClOS/c1-16-7-2-3-8(9(13)6-7)11(14)12-10(15)4-5-17-12/h2-6,11H,1H3. The highest BCUT2D eigenvalue weighted by Crippen LogP contribution is 2.42. The van der Waals surface area contributed by atoms with E-state index < -0.39 is 0 Å². The molecular formula is C12H9Br2ClOS. The molecule has 2 aromatic rings. The predicted octanol–water partition coefficient (Wildman–Crippen LogP) is 5.66.